The van der Waals surface area contributed by atoms with Crippen molar-refractivity contribution in [3.63, 3.8) is 0 Å². The lowest BCUT2D eigenvalue weighted by atomic mass is 10.0. The van der Waals surface area contributed by atoms with Crippen molar-refractivity contribution in [2.75, 3.05) is 0 Å². The van der Waals surface area contributed by atoms with Gasteiger partial charge >= 0.3 is 5.97 Å². The summed E-state index contributed by atoms with van der Waals surface area (Å²) in [4.78, 5) is 11.6. The first-order chi connectivity index (χ1) is 9.21. The summed E-state index contributed by atoms with van der Waals surface area (Å²) in [5, 5.41) is 0.164. The molecule has 3 nitrogen and oxygen atoms in total. The van der Waals surface area contributed by atoms with Gasteiger partial charge in [-0.2, -0.15) is 0 Å². The molecule has 0 aromatic heterocycles. The molecule has 20 heavy (non-hydrogen) atoms. The zero-order chi connectivity index (χ0) is 15.0. The van der Waals surface area contributed by atoms with Crippen LogP contribution in [-0.2, 0) is 14.0 Å². The van der Waals surface area contributed by atoms with E-state index in [-0.39, 0.29) is 23.2 Å². The predicted octanol–water partition coefficient (Wildman–Crippen LogP) is 3.97. The molecule has 2 rings (SSSR count). The van der Waals surface area contributed by atoms with Crippen LogP contribution >= 0.6 is 0 Å². The summed E-state index contributed by atoms with van der Waals surface area (Å²) in [5.41, 5.74) is 1.10. The highest BCUT2D eigenvalue weighted by Crippen LogP contribution is 2.39. The summed E-state index contributed by atoms with van der Waals surface area (Å²) < 4.78 is 12.1. The van der Waals surface area contributed by atoms with Crippen LogP contribution in [0.3, 0.4) is 0 Å². The third-order valence-electron chi connectivity index (χ3n) is 4.65. The number of allylic oxidation sites excluding steroid dienone is 1. The van der Waals surface area contributed by atoms with Gasteiger partial charge in [-0.05, 0) is 49.0 Å². The molecule has 0 spiro atoms. The van der Waals surface area contributed by atoms with E-state index in [2.05, 4.69) is 39.9 Å². The van der Waals surface area contributed by atoms with Crippen molar-refractivity contribution in [2.45, 2.75) is 70.4 Å². The molecule has 0 saturated carbocycles. The third-order valence-corrected chi connectivity index (χ3v) is 9.15. The van der Waals surface area contributed by atoms with E-state index < -0.39 is 8.32 Å². The predicted molar refractivity (Wildman–Crippen MR) is 83.0 cm³/mol. The monoisotopic (exact) mass is 294 g/mol. The van der Waals surface area contributed by atoms with E-state index in [1.807, 2.05) is 6.08 Å². The van der Waals surface area contributed by atoms with Crippen molar-refractivity contribution in [1.82, 2.24) is 0 Å². The molecule has 0 saturated heterocycles. The second kappa shape index (κ2) is 5.49. The topological polar surface area (TPSA) is 35.5 Å². The number of esters is 1. The Morgan fingerprint density at radius 2 is 2.00 bits per heavy atom. The summed E-state index contributed by atoms with van der Waals surface area (Å²) in [6.45, 7) is 11.2. The molecule has 0 amide bonds. The fourth-order valence-corrected chi connectivity index (χ4v) is 3.73. The number of ether oxygens (including phenoxy) is 1. The van der Waals surface area contributed by atoms with Gasteiger partial charge in [-0.1, -0.05) is 26.8 Å². The Kier molecular flexibility index (Phi) is 4.26. The maximum atomic E-state index is 11.6. The Bertz CT molecular complexity index is 443. The average Bonchev–Trinajstić information content (AvgIpc) is 2.50. The van der Waals surface area contributed by atoms with Crippen LogP contribution in [0.1, 0.15) is 40.0 Å². The molecule has 112 valence electrons. The van der Waals surface area contributed by atoms with Crippen LogP contribution in [0, 0.1) is 0 Å². The van der Waals surface area contributed by atoms with Gasteiger partial charge in [0, 0.05) is 6.08 Å². The number of hydrogen-bond acceptors (Lipinski definition) is 3. The lowest BCUT2D eigenvalue weighted by Gasteiger charge is -2.41. The molecule has 1 aliphatic carbocycles. The second-order valence-corrected chi connectivity index (χ2v) is 12.0. The smallest absolute Gasteiger partial charge is 0.331 e. The van der Waals surface area contributed by atoms with E-state index in [1.54, 1.807) is 0 Å². The molecule has 0 bridgehead atoms. The summed E-state index contributed by atoms with van der Waals surface area (Å²) in [6.07, 6.45) is 8.44. The Morgan fingerprint density at radius 1 is 1.30 bits per heavy atom. The van der Waals surface area contributed by atoms with Crippen LogP contribution in [0.15, 0.2) is 23.8 Å². The summed E-state index contributed by atoms with van der Waals surface area (Å²) in [7, 11) is -1.86. The fraction of sp³-hybridized carbons (Fsp3) is 0.688. The zero-order valence-corrected chi connectivity index (χ0v) is 14.2. The van der Waals surface area contributed by atoms with Gasteiger partial charge in [-0.25, -0.2) is 4.79 Å². The summed E-state index contributed by atoms with van der Waals surface area (Å²) in [5.74, 6) is -0.252. The lowest BCUT2D eigenvalue weighted by molar-refractivity contribution is -0.146. The van der Waals surface area contributed by atoms with Gasteiger partial charge in [0.1, 0.15) is 0 Å². The first kappa shape index (κ1) is 15.5. The molecular weight excluding hydrogens is 268 g/mol. The fourth-order valence-electron chi connectivity index (χ4n) is 2.38. The van der Waals surface area contributed by atoms with Gasteiger partial charge in [0.25, 0.3) is 0 Å². The van der Waals surface area contributed by atoms with Crippen molar-refractivity contribution >= 4 is 14.3 Å². The van der Waals surface area contributed by atoms with Crippen molar-refractivity contribution in [3.05, 3.63) is 23.8 Å². The van der Waals surface area contributed by atoms with Gasteiger partial charge in [0.15, 0.2) is 14.4 Å². The molecule has 0 unspecified atom stereocenters. The Morgan fingerprint density at radius 3 is 2.65 bits per heavy atom. The largest absolute Gasteiger partial charge is 0.452 e. The van der Waals surface area contributed by atoms with Crippen molar-refractivity contribution in [3.8, 4) is 0 Å². The number of fused-ring (bicyclic) bond motifs is 1. The highest BCUT2D eigenvalue weighted by Gasteiger charge is 2.42. The molecule has 1 aliphatic heterocycles. The maximum absolute atomic E-state index is 11.6. The lowest BCUT2D eigenvalue weighted by Crippen LogP contribution is -2.48. The van der Waals surface area contributed by atoms with Crippen LogP contribution in [0.2, 0.25) is 18.1 Å². The number of carbonyl (C=O) groups excluding carboxylic acids is 1. The first-order valence-electron chi connectivity index (χ1n) is 7.47. The molecule has 2 atom stereocenters. The van der Waals surface area contributed by atoms with Crippen molar-refractivity contribution in [1.29, 1.82) is 0 Å². The van der Waals surface area contributed by atoms with Crippen LogP contribution < -0.4 is 0 Å². The molecular formula is C16H26O3Si. The number of carbonyl (C=O) groups is 1. The van der Waals surface area contributed by atoms with E-state index in [0.717, 1.165) is 24.8 Å². The average molecular weight is 294 g/mol. The maximum Gasteiger partial charge on any atom is 0.331 e. The normalized spacial score (nSPS) is 27.4. The van der Waals surface area contributed by atoms with Crippen molar-refractivity contribution < 1.29 is 14.0 Å². The van der Waals surface area contributed by atoms with Gasteiger partial charge in [0.05, 0.1) is 6.10 Å². The number of hydrogen-bond donors (Lipinski definition) is 0. The molecule has 0 fully saturated rings. The standard InChI is InChI=1S/C16H26O3Si/c1-16(2,3)20(4,5)19-13-9-7-6-8-12-10-11-14(17)18-15(12)13/h8,10-11,13,15H,6-7,9H2,1-5H3/t13-,15+/m0/s1. The highest BCUT2D eigenvalue weighted by atomic mass is 28.4. The van der Waals surface area contributed by atoms with E-state index in [4.69, 9.17) is 9.16 Å². The molecule has 2 aliphatic rings. The minimum absolute atomic E-state index is 0.00135. The molecule has 0 radical (unpaired) electrons. The highest BCUT2D eigenvalue weighted by molar-refractivity contribution is 6.74. The van der Waals surface area contributed by atoms with Crippen LogP contribution in [-0.4, -0.2) is 26.5 Å². The Balaban J connectivity index is 2.21. The Hall–Kier alpha value is -0.873. The van der Waals surface area contributed by atoms with Crippen LogP contribution in [0.25, 0.3) is 0 Å². The number of rotatable bonds is 2. The van der Waals surface area contributed by atoms with E-state index >= 15 is 0 Å². The van der Waals surface area contributed by atoms with Gasteiger partial charge < -0.3 is 9.16 Å². The van der Waals surface area contributed by atoms with Gasteiger partial charge in [-0.3, -0.25) is 0 Å². The summed E-state index contributed by atoms with van der Waals surface area (Å²) >= 11 is 0. The SMILES string of the molecule is CC(C)(C)[Si](C)(C)O[C@H]1CCCC=C2C=CC(=O)O[C@H]21. The van der Waals surface area contributed by atoms with E-state index in [1.165, 1.54) is 6.08 Å². The zero-order valence-electron chi connectivity index (χ0n) is 13.2. The molecule has 0 N–H and O–H groups in total. The molecule has 0 aromatic carbocycles. The van der Waals surface area contributed by atoms with Crippen LogP contribution in [0.5, 0.6) is 0 Å². The Labute approximate surface area is 123 Å². The quantitative estimate of drug-likeness (QED) is 0.571. The third kappa shape index (κ3) is 3.23. The summed E-state index contributed by atoms with van der Waals surface area (Å²) in [6, 6.07) is 0. The second-order valence-electron chi connectivity index (χ2n) is 7.24. The van der Waals surface area contributed by atoms with Gasteiger partial charge in [-0.15, -0.1) is 0 Å². The van der Waals surface area contributed by atoms with E-state index in [9.17, 15) is 4.79 Å². The first-order valence-corrected chi connectivity index (χ1v) is 10.4. The van der Waals surface area contributed by atoms with Gasteiger partial charge in [0.2, 0.25) is 0 Å². The molecule has 0 aromatic rings. The van der Waals surface area contributed by atoms with E-state index in [0.29, 0.717) is 0 Å². The minimum Gasteiger partial charge on any atom is -0.452 e. The molecule has 1 heterocycles. The van der Waals surface area contributed by atoms with Crippen LogP contribution in [0.4, 0.5) is 0 Å². The minimum atomic E-state index is -1.86. The molecule has 4 heteroatoms. The van der Waals surface area contributed by atoms with Crippen molar-refractivity contribution in [2.24, 2.45) is 0 Å².